The Labute approximate surface area is 170 Å². The lowest BCUT2D eigenvalue weighted by Gasteiger charge is -2.33. The first-order valence-corrected chi connectivity index (χ1v) is 10.6. The number of rotatable bonds is 4. The van der Waals surface area contributed by atoms with Crippen LogP contribution in [0.1, 0.15) is 42.9 Å². The van der Waals surface area contributed by atoms with Crippen LogP contribution in [0.2, 0.25) is 0 Å². The third-order valence-corrected chi connectivity index (χ3v) is 6.01. The van der Waals surface area contributed by atoms with Crippen LogP contribution < -0.4 is 15.5 Å². The summed E-state index contributed by atoms with van der Waals surface area (Å²) in [6.45, 7) is 6.03. The van der Waals surface area contributed by atoms with Crippen LogP contribution in [0.25, 0.3) is 5.52 Å². The number of aromatic nitrogens is 5. The van der Waals surface area contributed by atoms with Crippen LogP contribution in [0, 0.1) is 6.92 Å². The van der Waals surface area contributed by atoms with Gasteiger partial charge in [0.25, 0.3) is 0 Å². The van der Waals surface area contributed by atoms with Crippen molar-refractivity contribution >= 4 is 17.4 Å². The number of aryl methyl sites for hydroxylation is 1. The van der Waals surface area contributed by atoms with E-state index in [1.807, 2.05) is 37.9 Å². The molecule has 0 aromatic carbocycles. The zero-order chi connectivity index (χ0) is 19.6. The summed E-state index contributed by atoms with van der Waals surface area (Å²) in [7, 11) is 0. The van der Waals surface area contributed by atoms with Crippen LogP contribution in [0.3, 0.4) is 0 Å². The zero-order valence-corrected chi connectivity index (χ0v) is 16.9. The first-order chi connectivity index (χ1) is 14.3. The van der Waals surface area contributed by atoms with Crippen molar-refractivity contribution < 1.29 is 0 Å². The van der Waals surface area contributed by atoms with E-state index in [-0.39, 0.29) is 0 Å². The van der Waals surface area contributed by atoms with Gasteiger partial charge in [-0.1, -0.05) is 0 Å². The van der Waals surface area contributed by atoms with Gasteiger partial charge >= 0.3 is 0 Å². The van der Waals surface area contributed by atoms with Gasteiger partial charge in [0.15, 0.2) is 0 Å². The van der Waals surface area contributed by atoms with Gasteiger partial charge in [-0.3, -0.25) is 9.38 Å². The summed E-state index contributed by atoms with van der Waals surface area (Å²) in [5.41, 5.74) is 3.40. The van der Waals surface area contributed by atoms with E-state index in [0.717, 1.165) is 68.9 Å². The largest absolute Gasteiger partial charge is 0.350 e. The molecule has 0 saturated carbocycles. The normalized spacial score (nSPS) is 20.9. The lowest BCUT2D eigenvalue weighted by atomic mass is 9.94. The van der Waals surface area contributed by atoms with Gasteiger partial charge in [0, 0.05) is 49.8 Å². The maximum Gasteiger partial charge on any atom is 0.222 e. The van der Waals surface area contributed by atoms with Crippen LogP contribution in [-0.4, -0.2) is 56.6 Å². The molecule has 2 aliphatic rings. The predicted octanol–water partition coefficient (Wildman–Crippen LogP) is 2.38. The van der Waals surface area contributed by atoms with Gasteiger partial charge in [0.1, 0.15) is 0 Å². The Morgan fingerprint density at radius 1 is 1.03 bits per heavy atom. The third kappa shape index (κ3) is 3.76. The van der Waals surface area contributed by atoms with Gasteiger partial charge < -0.3 is 15.5 Å². The molecule has 0 bridgehead atoms. The molecule has 5 heterocycles. The molecule has 2 N–H and O–H groups in total. The van der Waals surface area contributed by atoms with E-state index in [9.17, 15) is 0 Å². The number of piperidine rings is 2. The molecule has 8 nitrogen and oxygen atoms in total. The number of nitrogens with zero attached hydrogens (tertiary/aromatic N) is 6. The van der Waals surface area contributed by atoms with E-state index in [0.29, 0.717) is 17.9 Å². The van der Waals surface area contributed by atoms with Crippen molar-refractivity contribution in [3.63, 3.8) is 0 Å². The highest BCUT2D eigenvalue weighted by molar-refractivity contribution is 5.58. The van der Waals surface area contributed by atoms with Crippen LogP contribution in [-0.2, 0) is 0 Å². The monoisotopic (exact) mass is 392 g/mol. The van der Waals surface area contributed by atoms with E-state index < -0.39 is 0 Å². The number of nitrogens with one attached hydrogen (secondary N) is 2. The highest BCUT2D eigenvalue weighted by Gasteiger charge is 2.25. The topological polar surface area (TPSA) is 83.3 Å². The Balaban J connectivity index is 1.36. The van der Waals surface area contributed by atoms with Gasteiger partial charge in [0.2, 0.25) is 11.9 Å². The molecule has 2 aliphatic heterocycles. The summed E-state index contributed by atoms with van der Waals surface area (Å²) in [6.07, 6.45) is 14.2. The van der Waals surface area contributed by atoms with E-state index in [1.54, 1.807) is 0 Å². The smallest absolute Gasteiger partial charge is 0.222 e. The zero-order valence-electron chi connectivity index (χ0n) is 16.9. The molecule has 3 aromatic rings. The van der Waals surface area contributed by atoms with E-state index >= 15 is 0 Å². The van der Waals surface area contributed by atoms with E-state index in [4.69, 9.17) is 9.97 Å². The van der Waals surface area contributed by atoms with Crippen molar-refractivity contribution in [3.8, 4) is 0 Å². The molecule has 5 rings (SSSR count). The maximum absolute atomic E-state index is 4.80. The molecule has 2 saturated heterocycles. The summed E-state index contributed by atoms with van der Waals surface area (Å²) < 4.78 is 2.22. The highest BCUT2D eigenvalue weighted by atomic mass is 15.3. The van der Waals surface area contributed by atoms with Crippen molar-refractivity contribution in [2.24, 2.45) is 0 Å². The van der Waals surface area contributed by atoms with Crippen molar-refractivity contribution in [2.75, 3.05) is 36.4 Å². The second-order valence-electron chi connectivity index (χ2n) is 8.16. The second-order valence-corrected chi connectivity index (χ2v) is 8.16. The van der Waals surface area contributed by atoms with Crippen LogP contribution in [0.5, 0.6) is 0 Å². The molecular weight excluding hydrogens is 364 g/mol. The number of anilines is 2. The maximum atomic E-state index is 4.80. The molecule has 0 aliphatic carbocycles. The molecule has 8 heteroatoms. The summed E-state index contributed by atoms with van der Waals surface area (Å²) in [5.74, 6) is 2.22. The van der Waals surface area contributed by atoms with Crippen LogP contribution in [0.4, 0.5) is 11.9 Å². The second kappa shape index (κ2) is 7.94. The van der Waals surface area contributed by atoms with Crippen molar-refractivity contribution in [1.82, 2.24) is 29.7 Å². The van der Waals surface area contributed by atoms with Gasteiger partial charge in [-0.2, -0.15) is 0 Å². The molecule has 0 unspecified atom stereocenters. The van der Waals surface area contributed by atoms with Crippen molar-refractivity contribution in [2.45, 2.75) is 44.6 Å². The van der Waals surface area contributed by atoms with E-state index in [2.05, 4.69) is 29.9 Å². The van der Waals surface area contributed by atoms with Gasteiger partial charge in [0.05, 0.1) is 17.4 Å². The first-order valence-electron chi connectivity index (χ1n) is 10.6. The molecular formula is C21H28N8. The molecule has 0 spiro atoms. The van der Waals surface area contributed by atoms with Gasteiger partial charge in [-0.25, -0.2) is 15.0 Å². The van der Waals surface area contributed by atoms with E-state index in [1.165, 1.54) is 5.69 Å². The number of imidazole rings is 1. The Morgan fingerprint density at radius 3 is 2.69 bits per heavy atom. The third-order valence-electron chi connectivity index (χ3n) is 6.01. The summed E-state index contributed by atoms with van der Waals surface area (Å²) in [4.78, 5) is 20.7. The van der Waals surface area contributed by atoms with Crippen LogP contribution in [0.15, 0.2) is 31.0 Å². The summed E-state index contributed by atoms with van der Waals surface area (Å²) in [5, 5.41) is 6.93. The molecule has 29 heavy (non-hydrogen) atoms. The van der Waals surface area contributed by atoms with Gasteiger partial charge in [-0.05, 0) is 51.3 Å². The summed E-state index contributed by atoms with van der Waals surface area (Å²) >= 11 is 0. The molecule has 1 atom stereocenters. The fraction of sp³-hybridized carbons (Fsp3) is 0.524. The molecule has 0 radical (unpaired) electrons. The number of hydrogen-bond donors (Lipinski definition) is 2. The van der Waals surface area contributed by atoms with Crippen LogP contribution >= 0.6 is 0 Å². The van der Waals surface area contributed by atoms with Crippen molar-refractivity contribution in [3.05, 3.63) is 42.2 Å². The minimum Gasteiger partial charge on any atom is -0.350 e. The average molecular weight is 393 g/mol. The molecule has 0 amide bonds. The minimum absolute atomic E-state index is 0.310. The lowest BCUT2D eigenvalue weighted by molar-refractivity contribution is 0.454. The predicted molar refractivity (Wildman–Crippen MR) is 113 cm³/mol. The summed E-state index contributed by atoms with van der Waals surface area (Å²) in [6, 6.07) is 0.310. The lowest BCUT2D eigenvalue weighted by Crippen LogP contribution is -2.43. The molecule has 2 fully saturated rings. The SMILES string of the molecule is Cc1cnc(N[C@@H]2CCCN(c3ncc4c(C5CCNCC5)nccn34)C2)nc1. The molecule has 152 valence electrons. The average Bonchev–Trinajstić information content (AvgIpc) is 3.21. The fourth-order valence-electron chi connectivity index (χ4n) is 4.50. The Morgan fingerprint density at radius 2 is 1.86 bits per heavy atom. The Kier molecular flexibility index (Phi) is 5.01. The molecule has 3 aromatic heterocycles. The number of fused-ring (bicyclic) bond motifs is 1. The minimum atomic E-state index is 0.310. The fourth-order valence-corrected chi connectivity index (χ4v) is 4.50. The number of hydrogen-bond acceptors (Lipinski definition) is 7. The quantitative estimate of drug-likeness (QED) is 0.705. The Bertz CT molecular complexity index is 960. The first kappa shape index (κ1) is 18.3. The Hall–Kier alpha value is -2.74. The standard InChI is InChI=1S/C21H28N8/c1-15-11-24-20(25-12-15)27-17-3-2-9-28(14-17)21-26-13-18-19(23-8-10-29(18)21)16-4-6-22-7-5-16/h8,10-13,16-17,22H,2-7,9,14H2,1H3,(H,24,25,27)/t17-/m1/s1. The van der Waals surface area contributed by atoms with Gasteiger partial charge in [-0.15, -0.1) is 0 Å². The van der Waals surface area contributed by atoms with Crippen molar-refractivity contribution in [1.29, 1.82) is 0 Å². The highest BCUT2D eigenvalue weighted by Crippen LogP contribution is 2.29.